The number of aryl methyl sites for hydroxylation is 1. The molecule has 3 aromatic rings. The maximum absolute atomic E-state index is 12.8. The van der Waals surface area contributed by atoms with Gasteiger partial charge in [-0.05, 0) is 43.4 Å². The Bertz CT molecular complexity index is 1100. The van der Waals surface area contributed by atoms with E-state index in [-0.39, 0.29) is 6.03 Å². The number of carbonyl (C=O) groups is 1. The van der Waals surface area contributed by atoms with Crippen LogP contribution in [0.25, 0.3) is 11.0 Å². The fraction of sp³-hybridized carbons (Fsp3) is 0.500. The van der Waals surface area contributed by atoms with E-state index in [1.54, 1.807) is 17.2 Å². The van der Waals surface area contributed by atoms with Crippen molar-refractivity contribution < 1.29 is 9.53 Å². The summed E-state index contributed by atoms with van der Waals surface area (Å²) >= 11 is 0. The summed E-state index contributed by atoms with van der Waals surface area (Å²) in [4.78, 5) is 25.6. The van der Waals surface area contributed by atoms with E-state index in [1.807, 2.05) is 36.2 Å². The molecule has 0 radical (unpaired) electrons. The molecule has 2 aromatic heterocycles. The average Bonchev–Trinajstić information content (AvgIpc) is 3.24. The highest BCUT2D eigenvalue weighted by molar-refractivity contribution is 5.86. The quantitative estimate of drug-likeness (QED) is 0.644. The Morgan fingerprint density at radius 3 is 2.76 bits per heavy atom. The van der Waals surface area contributed by atoms with Crippen LogP contribution in [0.2, 0.25) is 0 Å². The van der Waals surface area contributed by atoms with Crippen molar-refractivity contribution >= 4 is 22.9 Å². The van der Waals surface area contributed by atoms with Crippen molar-refractivity contribution in [2.75, 3.05) is 31.1 Å². The molecule has 1 aliphatic carbocycles. The van der Waals surface area contributed by atoms with Gasteiger partial charge in [0.2, 0.25) is 0 Å². The normalized spacial score (nSPS) is 17.4. The van der Waals surface area contributed by atoms with Crippen molar-refractivity contribution in [3.8, 4) is 5.75 Å². The molecule has 1 aliphatic heterocycles. The van der Waals surface area contributed by atoms with Crippen molar-refractivity contribution in [1.29, 1.82) is 0 Å². The van der Waals surface area contributed by atoms with E-state index in [2.05, 4.69) is 25.3 Å². The molecule has 2 aliphatic rings. The number of anilines is 1. The number of piperazine rings is 1. The van der Waals surface area contributed by atoms with Gasteiger partial charge >= 0.3 is 6.03 Å². The number of hydrogen-bond donors (Lipinski definition) is 1. The highest BCUT2D eigenvalue weighted by Gasteiger charge is 2.24. The molecule has 2 amide bonds. The van der Waals surface area contributed by atoms with Crippen molar-refractivity contribution in [1.82, 2.24) is 30.0 Å². The molecule has 5 rings (SSSR count). The second-order valence-corrected chi connectivity index (χ2v) is 8.86. The van der Waals surface area contributed by atoms with Crippen LogP contribution in [0.15, 0.2) is 36.8 Å². The smallest absolute Gasteiger partial charge is 0.317 e. The lowest BCUT2D eigenvalue weighted by atomic mass is 9.98. The zero-order chi connectivity index (χ0) is 22.6. The van der Waals surface area contributed by atoms with Gasteiger partial charge in [-0.3, -0.25) is 4.68 Å². The summed E-state index contributed by atoms with van der Waals surface area (Å²) < 4.78 is 7.91. The summed E-state index contributed by atoms with van der Waals surface area (Å²) in [6.07, 6.45) is 9.77. The summed E-state index contributed by atoms with van der Waals surface area (Å²) in [5.41, 5.74) is 1.87. The number of hydrogen-bond acceptors (Lipinski definition) is 6. The van der Waals surface area contributed by atoms with Crippen LogP contribution in [-0.2, 0) is 13.6 Å². The summed E-state index contributed by atoms with van der Waals surface area (Å²) in [6, 6.07) is 8.04. The molecule has 3 heterocycles. The van der Waals surface area contributed by atoms with Gasteiger partial charge in [0.15, 0.2) is 5.65 Å². The van der Waals surface area contributed by atoms with E-state index < -0.39 is 0 Å². The molecule has 1 aromatic carbocycles. The lowest BCUT2D eigenvalue weighted by Gasteiger charge is -2.35. The van der Waals surface area contributed by atoms with Crippen LogP contribution in [0.5, 0.6) is 5.75 Å². The third-order valence-electron chi connectivity index (χ3n) is 6.57. The SMILES string of the molecule is Cn1ncc2c(N3CCN(C(=O)NCc4cccc(OC5CCCCC5)c4)CC3)ncnc21. The Morgan fingerprint density at radius 1 is 1.12 bits per heavy atom. The average molecular weight is 450 g/mol. The van der Waals surface area contributed by atoms with Gasteiger partial charge in [0.25, 0.3) is 0 Å². The Morgan fingerprint density at radius 2 is 1.94 bits per heavy atom. The van der Waals surface area contributed by atoms with Gasteiger partial charge in [0.05, 0.1) is 17.7 Å². The van der Waals surface area contributed by atoms with E-state index in [1.165, 1.54) is 19.3 Å². The predicted molar refractivity (Wildman–Crippen MR) is 126 cm³/mol. The Kier molecular flexibility index (Phi) is 6.28. The van der Waals surface area contributed by atoms with Crippen molar-refractivity contribution in [2.45, 2.75) is 44.8 Å². The third-order valence-corrected chi connectivity index (χ3v) is 6.57. The molecular weight excluding hydrogens is 418 g/mol. The lowest BCUT2D eigenvalue weighted by Crippen LogP contribution is -2.52. The first-order valence-electron chi connectivity index (χ1n) is 11.8. The molecule has 0 atom stereocenters. The van der Waals surface area contributed by atoms with Crippen LogP contribution >= 0.6 is 0 Å². The van der Waals surface area contributed by atoms with E-state index >= 15 is 0 Å². The summed E-state index contributed by atoms with van der Waals surface area (Å²) in [5.74, 6) is 1.77. The van der Waals surface area contributed by atoms with E-state index in [4.69, 9.17) is 4.74 Å². The fourth-order valence-corrected chi connectivity index (χ4v) is 4.72. The number of carbonyl (C=O) groups excluding carboxylic acids is 1. The molecule has 174 valence electrons. The third kappa shape index (κ3) is 4.86. The number of aromatic nitrogens is 4. The maximum atomic E-state index is 12.8. The van der Waals surface area contributed by atoms with Gasteiger partial charge in [-0.2, -0.15) is 5.10 Å². The number of nitrogens with zero attached hydrogens (tertiary/aromatic N) is 6. The van der Waals surface area contributed by atoms with Gasteiger partial charge in [-0.25, -0.2) is 14.8 Å². The topological polar surface area (TPSA) is 88.4 Å². The largest absolute Gasteiger partial charge is 0.490 e. The van der Waals surface area contributed by atoms with E-state index in [0.29, 0.717) is 25.7 Å². The minimum Gasteiger partial charge on any atom is -0.490 e. The molecule has 1 saturated heterocycles. The molecular formula is C24H31N7O2. The first kappa shape index (κ1) is 21.5. The number of ether oxygens (including phenoxy) is 1. The zero-order valence-electron chi connectivity index (χ0n) is 19.1. The highest BCUT2D eigenvalue weighted by Crippen LogP contribution is 2.25. The molecule has 0 bridgehead atoms. The molecule has 0 spiro atoms. The van der Waals surface area contributed by atoms with Gasteiger partial charge in [-0.15, -0.1) is 0 Å². The molecule has 9 heteroatoms. The minimum absolute atomic E-state index is 0.0394. The number of benzene rings is 1. The molecule has 33 heavy (non-hydrogen) atoms. The van der Waals surface area contributed by atoms with Gasteiger partial charge in [0.1, 0.15) is 17.9 Å². The molecule has 1 saturated carbocycles. The van der Waals surface area contributed by atoms with Crippen LogP contribution in [0.4, 0.5) is 10.6 Å². The first-order valence-corrected chi connectivity index (χ1v) is 11.8. The van der Waals surface area contributed by atoms with Crippen LogP contribution in [0, 0.1) is 0 Å². The monoisotopic (exact) mass is 449 g/mol. The number of fused-ring (bicyclic) bond motifs is 1. The lowest BCUT2D eigenvalue weighted by molar-refractivity contribution is 0.155. The summed E-state index contributed by atoms with van der Waals surface area (Å²) in [6.45, 7) is 3.21. The second-order valence-electron chi connectivity index (χ2n) is 8.86. The summed E-state index contributed by atoms with van der Waals surface area (Å²) in [7, 11) is 1.87. The molecule has 9 nitrogen and oxygen atoms in total. The van der Waals surface area contributed by atoms with Gasteiger partial charge in [0, 0.05) is 39.8 Å². The van der Waals surface area contributed by atoms with Crippen LogP contribution < -0.4 is 15.0 Å². The van der Waals surface area contributed by atoms with Gasteiger partial charge < -0.3 is 19.9 Å². The number of rotatable bonds is 5. The van der Waals surface area contributed by atoms with Gasteiger partial charge in [-0.1, -0.05) is 18.6 Å². The van der Waals surface area contributed by atoms with E-state index in [0.717, 1.165) is 54.1 Å². The molecule has 1 N–H and O–H groups in total. The number of amides is 2. The van der Waals surface area contributed by atoms with E-state index in [9.17, 15) is 4.79 Å². The number of urea groups is 1. The Labute approximate surface area is 193 Å². The second kappa shape index (κ2) is 9.64. The standard InChI is InChI=1S/C24H31N7O2/c1-29-22-21(16-28-29)23(27-17-26-22)30-10-12-31(13-11-30)24(32)25-15-18-6-5-9-20(14-18)33-19-7-3-2-4-8-19/h5-6,9,14,16-17,19H,2-4,7-8,10-13,15H2,1H3,(H,25,32). The fourth-order valence-electron chi connectivity index (χ4n) is 4.72. The zero-order valence-corrected chi connectivity index (χ0v) is 19.1. The Balaban J connectivity index is 1.13. The van der Waals surface area contributed by atoms with Crippen LogP contribution in [0.3, 0.4) is 0 Å². The predicted octanol–water partition coefficient (Wildman–Crippen LogP) is 3.11. The summed E-state index contributed by atoms with van der Waals surface area (Å²) in [5, 5.41) is 8.29. The first-order chi connectivity index (χ1) is 16.2. The molecule has 2 fully saturated rings. The molecule has 0 unspecified atom stereocenters. The minimum atomic E-state index is -0.0394. The highest BCUT2D eigenvalue weighted by atomic mass is 16.5. The van der Waals surface area contributed by atoms with Crippen LogP contribution in [0.1, 0.15) is 37.7 Å². The Hall–Kier alpha value is -3.36. The van der Waals surface area contributed by atoms with Crippen molar-refractivity contribution in [2.24, 2.45) is 7.05 Å². The van der Waals surface area contributed by atoms with Crippen molar-refractivity contribution in [3.05, 3.63) is 42.4 Å². The van der Waals surface area contributed by atoms with Crippen LogP contribution in [-0.4, -0.2) is 63.0 Å². The maximum Gasteiger partial charge on any atom is 0.317 e. The van der Waals surface area contributed by atoms with Crippen molar-refractivity contribution in [3.63, 3.8) is 0 Å². The number of nitrogens with one attached hydrogen (secondary N) is 1.